The van der Waals surface area contributed by atoms with E-state index in [0.29, 0.717) is 59.5 Å². The maximum absolute atomic E-state index is 13.1. The van der Waals surface area contributed by atoms with E-state index in [9.17, 15) is 9.59 Å². The molecular weight excluding hydrogens is 488 g/mol. The molecule has 0 radical (unpaired) electrons. The summed E-state index contributed by atoms with van der Waals surface area (Å²) in [5.41, 5.74) is 2.66. The van der Waals surface area contributed by atoms with Gasteiger partial charge in [0, 0.05) is 24.3 Å². The summed E-state index contributed by atoms with van der Waals surface area (Å²) < 4.78 is 27.4. The van der Waals surface area contributed by atoms with E-state index >= 15 is 0 Å². The minimum absolute atomic E-state index is 0.106. The highest BCUT2D eigenvalue weighted by Gasteiger charge is 2.28. The largest absolute Gasteiger partial charge is 0.496 e. The van der Waals surface area contributed by atoms with E-state index in [1.807, 2.05) is 24.3 Å². The number of carbonyl (C=O) groups is 2. The van der Waals surface area contributed by atoms with Crippen molar-refractivity contribution in [2.24, 2.45) is 0 Å². The Morgan fingerprint density at radius 3 is 2.26 bits per heavy atom. The summed E-state index contributed by atoms with van der Waals surface area (Å²) in [6, 6.07) is 16.2. The van der Waals surface area contributed by atoms with Gasteiger partial charge in [0.2, 0.25) is 0 Å². The molecule has 1 aliphatic rings. The molecule has 9 nitrogen and oxygen atoms in total. The molecule has 0 bridgehead atoms. The highest BCUT2D eigenvalue weighted by atomic mass is 16.5. The topological polar surface area (TPSA) is 95.6 Å². The van der Waals surface area contributed by atoms with E-state index in [0.717, 1.165) is 11.1 Å². The average Bonchev–Trinajstić information content (AvgIpc) is 3.06. The van der Waals surface area contributed by atoms with E-state index in [2.05, 4.69) is 5.32 Å². The lowest BCUT2D eigenvalue weighted by Gasteiger charge is -2.22. The van der Waals surface area contributed by atoms with Gasteiger partial charge in [-0.3, -0.25) is 9.59 Å². The van der Waals surface area contributed by atoms with Crippen molar-refractivity contribution in [3.63, 3.8) is 0 Å². The molecule has 0 aromatic heterocycles. The molecule has 1 heterocycles. The lowest BCUT2D eigenvalue weighted by atomic mass is 10.1. The Morgan fingerprint density at radius 2 is 1.61 bits per heavy atom. The van der Waals surface area contributed by atoms with Gasteiger partial charge in [0.1, 0.15) is 22.8 Å². The van der Waals surface area contributed by atoms with Crippen LogP contribution >= 0.6 is 0 Å². The SMILES string of the molecule is COc1ccc(CCN2Cc3cc(NC(=O)c4c(OC)cccc4OC)ccc3OC(C)C2=O)cc1OC. The van der Waals surface area contributed by atoms with Crippen LogP contribution in [-0.4, -0.2) is 57.8 Å². The zero-order valence-corrected chi connectivity index (χ0v) is 22.2. The van der Waals surface area contributed by atoms with Gasteiger partial charge in [-0.25, -0.2) is 0 Å². The van der Waals surface area contributed by atoms with Gasteiger partial charge in [-0.1, -0.05) is 12.1 Å². The molecule has 9 heteroatoms. The molecule has 0 saturated heterocycles. The van der Waals surface area contributed by atoms with Crippen LogP contribution in [0.2, 0.25) is 0 Å². The van der Waals surface area contributed by atoms with Gasteiger partial charge in [0.05, 0.1) is 28.4 Å². The number of hydrogen-bond donors (Lipinski definition) is 1. The molecule has 1 unspecified atom stereocenters. The number of benzene rings is 3. The number of hydrogen-bond acceptors (Lipinski definition) is 7. The smallest absolute Gasteiger partial charge is 0.263 e. The summed E-state index contributed by atoms with van der Waals surface area (Å²) in [5.74, 6) is 2.22. The molecule has 4 rings (SSSR count). The summed E-state index contributed by atoms with van der Waals surface area (Å²) >= 11 is 0. The minimum atomic E-state index is -0.639. The third-order valence-corrected chi connectivity index (χ3v) is 6.42. The van der Waals surface area contributed by atoms with Crippen LogP contribution in [0.25, 0.3) is 0 Å². The molecule has 38 heavy (non-hydrogen) atoms. The van der Waals surface area contributed by atoms with Crippen molar-refractivity contribution in [3.8, 4) is 28.7 Å². The molecule has 200 valence electrons. The van der Waals surface area contributed by atoms with Crippen LogP contribution in [0.3, 0.4) is 0 Å². The maximum atomic E-state index is 13.1. The first-order valence-electron chi connectivity index (χ1n) is 12.2. The lowest BCUT2D eigenvalue weighted by Crippen LogP contribution is -2.39. The summed E-state index contributed by atoms with van der Waals surface area (Å²) in [7, 11) is 6.19. The Bertz CT molecular complexity index is 1300. The van der Waals surface area contributed by atoms with Crippen molar-refractivity contribution in [1.82, 2.24) is 4.90 Å². The lowest BCUT2D eigenvalue weighted by molar-refractivity contribution is -0.137. The van der Waals surface area contributed by atoms with Crippen LogP contribution in [-0.2, 0) is 17.8 Å². The summed E-state index contributed by atoms with van der Waals surface area (Å²) in [6.45, 7) is 2.56. The zero-order valence-electron chi connectivity index (χ0n) is 22.2. The van der Waals surface area contributed by atoms with Crippen LogP contribution in [0.5, 0.6) is 28.7 Å². The maximum Gasteiger partial charge on any atom is 0.263 e. The molecular formula is C29H32N2O7. The second-order valence-corrected chi connectivity index (χ2v) is 8.77. The monoisotopic (exact) mass is 520 g/mol. The van der Waals surface area contributed by atoms with E-state index in [1.165, 1.54) is 14.2 Å². The molecule has 0 fully saturated rings. The van der Waals surface area contributed by atoms with Crippen LogP contribution in [0.15, 0.2) is 54.6 Å². The van der Waals surface area contributed by atoms with Crippen molar-refractivity contribution in [2.75, 3.05) is 40.3 Å². The first kappa shape index (κ1) is 26.7. The predicted molar refractivity (Wildman–Crippen MR) is 143 cm³/mol. The number of amides is 2. The fraction of sp³-hybridized carbons (Fsp3) is 0.310. The highest BCUT2D eigenvalue weighted by molar-refractivity contribution is 6.08. The Labute approximate surface area is 222 Å². The third-order valence-electron chi connectivity index (χ3n) is 6.42. The number of fused-ring (bicyclic) bond motifs is 1. The standard InChI is InChI=1S/C29H32N2O7/c1-18-29(33)31(14-13-19-9-11-23(34-2)26(15-19)37-5)17-20-16-21(10-12-22(20)38-18)30-28(32)27-24(35-3)7-6-8-25(27)36-4/h6-12,15-16,18H,13-14,17H2,1-5H3,(H,30,32). The van der Waals surface area contributed by atoms with Gasteiger partial charge < -0.3 is 33.9 Å². The first-order valence-corrected chi connectivity index (χ1v) is 12.2. The first-order chi connectivity index (χ1) is 18.4. The normalized spacial score (nSPS) is 14.6. The molecule has 0 spiro atoms. The minimum Gasteiger partial charge on any atom is -0.496 e. The predicted octanol–water partition coefficient (Wildman–Crippen LogP) is 4.33. The molecule has 3 aromatic rings. The van der Waals surface area contributed by atoms with Gasteiger partial charge in [0.15, 0.2) is 17.6 Å². The summed E-state index contributed by atoms with van der Waals surface area (Å²) in [4.78, 5) is 28.0. The number of methoxy groups -OCH3 is 4. The highest BCUT2D eigenvalue weighted by Crippen LogP contribution is 2.32. The van der Waals surface area contributed by atoms with Crippen molar-refractivity contribution in [2.45, 2.75) is 26.0 Å². The Balaban J connectivity index is 1.54. The number of rotatable bonds is 9. The quantitative estimate of drug-likeness (QED) is 0.449. The fourth-order valence-corrected chi connectivity index (χ4v) is 4.44. The second-order valence-electron chi connectivity index (χ2n) is 8.77. The van der Waals surface area contributed by atoms with Crippen molar-refractivity contribution in [3.05, 3.63) is 71.3 Å². The number of ether oxygens (including phenoxy) is 5. The summed E-state index contributed by atoms with van der Waals surface area (Å²) in [5, 5.41) is 2.91. The van der Waals surface area contributed by atoms with E-state index in [-0.39, 0.29) is 11.8 Å². The number of nitrogens with one attached hydrogen (secondary N) is 1. The fourth-order valence-electron chi connectivity index (χ4n) is 4.44. The van der Waals surface area contributed by atoms with Gasteiger partial charge in [-0.2, -0.15) is 0 Å². The zero-order chi connectivity index (χ0) is 27.2. The van der Waals surface area contributed by atoms with Gasteiger partial charge >= 0.3 is 0 Å². The van der Waals surface area contributed by atoms with Crippen molar-refractivity contribution < 1.29 is 33.3 Å². The van der Waals surface area contributed by atoms with E-state index in [4.69, 9.17) is 23.7 Å². The average molecular weight is 521 g/mol. The second kappa shape index (κ2) is 11.8. The van der Waals surface area contributed by atoms with Crippen LogP contribution in [0.4, 0.5) is 5.69 Å². The molecule has 1 N–H and O–H groups in total. The van der Waals surface area contributed by atoms with Crippen LogP contribution in [0, 0.1) is 0 Å². The van der Waals surface area contributed by atoms with Gasteiger partial charge in [-0.15, -0.1) is 0 Å². The Kier molecular flexibility index (Phi) is 8.25. The van der Waals surface area contributed by atoms with Crippen molar-refractivity contribution >= 4 is 17.5 Å². The molecule has 0 saturated carbocycles. The van der Waals surface area contributed by atoms with Crippen LogP contribution in [0.1, 0.15) is 28.4 Å². The summed E-state index contributed by atoms with van der Waals surface area (Å²) in [6.07, 6.45) is -0.0158. The number of nitrogens with zero attached hydrogens (tertiary/aromatic N) is 1. The molecule has 1 atom stereocenters. The van der Waals surface area contributed by atoms with Gasteiger partial charge in [-0.05, 0) is 61.4 Å². The Morgan fingerprint density at radius 1 is 0.921 bits per heavy atom. The molecule has 1 aliphatic heterocycles. The van der Waals surface area contributed by atoms with E-state index < -0.39 is 6.10 Å². The number of anilines is 1. The van der Waals surface area contributed by atoms with Crippen LogP contribution < -0.4 is 29.0 Å². The molecule has 2 amide bonds. The van der Waals surface area contributed by atoms with E-state index in [1.54, 1.807) is 56.4 Å². The molecule has 3 aromatic carbocycles. The Hall–Kier alpha value is -4.40. The van der Waals surface area contributed by atoms with Gasteiger partial charge in [0.25, 0.3) is 11.8 Å². The van der Waals surface area contributed by atoms with Crippen molar-refractivity contribution in [1.29, 1.82) is 0 Å². The third kappa shape index (κ3) is 5.61. The molecule has 0 aliphatic carbocycles. The number of carbonyl (C=O) groups excluding carboxylic acids is 2.